The molecule has 0 radical (unpaired) electrons. The van der Waals surface area contributed by atoms with E-state index in [0.29, 0.717) is 11.3 Å². The first-order valence-electron chi connectivity index (χ1n) is 3.52. The molecule has 3 N–H and O–H groups in total. The van der Waals surface area contributed by atoms with Gasteiger partial charge in [0.05, 0.1) is 11.3 Å². The number of nitriles is 1. The highest BCUT2D eigenvalue weighted by Crippen LogP contribution is 2.07. The van der Waals surface area contributed by atoms with Gasteiger partial charge in [-0.05, 0) is 12.1 Å². The van der Waals surface area contributed by atoms with E-state index in [-0.39, 0.29) is 6.54 Å². The minimum Gasteiger partial charge on any atom is -0.385 e. The minimum absolute atomic E-state index is 0.138. The summed E-state index contributed by atoms with van der Waals surface area (Å²) in [6.45, 7) is 0.138. The van der Waals surface area contributed by atoms with Crippen LogP contribution in [0.3, 0.4) is 0 Å². The lowest BCUT2D eigenvalue weighted by Gasteiger charge is -2.05. The van der Waals surface area contributed by atoms with E-state index in [1.54, 1.807) is 12.1 Å². The van der Waals surface area contributed by atoms with Gasteiger partial charge in [0.2, 0.25) is 0 Å². The molecule has 1 rings (SSSR count). The van der Waals surface area contributed by atoms with Gasteiger partial charge < -0.3 is 10.8 Å². The maximum absolute atomic E-state index is 9.22. The average molecular weight is 163 g/mol. The molecule has 0 unspecified atom stereocenters. The molecule has 0 aliphatic carbocycles. The van der Waals surface area contributed by atoms with Crippen molar-refractivity contribution in [3.8, 4) is 6.07 Å². The molecule has 0 saturated carbocycles. The van der Waals surface area contributed by atoms with E-state index in [1.165, 1.54) is 6.20 Å². The van der Waals surface area contributed by atoms with Gasteiger partial charge in [0.1, 0.15) is 12.2 Å². The second-order valence-electron chi connectivity index (χ2n) is 2.34. The third-order valence-electron chi connectivity index (χ3n) is 1.48. The van der Waals surface area contributed by atoms with Crippen molar-refractivity contribution in [3.05, 3.63) is 29.6 Å². The predicted octanol–water partition coefficient (Wildman–Crippen LogP) is -0.0546. The van der Waals surface area contributed by atoms with Gasteiger partial charge in [-0.2, -0.15) is 5.26 Å². The monoisotopic (exact) mass is 163 g/mol. The van der Waals surface area contributed by atoms with Crippen LogP contribution in [-0.4, -0.2) is 16.6 Å². The lowest BCUT2D eigenvalue weighted by molar-refractivity contribution is 0.182. The smallest absolute Gasteiger partial charge is 0.108 e. The molecule has 12 heavy (non-hydrogen) atoms. The van der Waals surface area contributed by atoms with Crippen LogP contribution in [0.2, 0.25) is 0 Å². The molecular weight excluding hydrogens is 154 g/mol. The van der Waals surface area contributed by atoms with Crippen LogP contribution < -0.4 is 5.73 Å². The van der Waals surface area contributed by atoms with Gasteiger partial charge >= 0.3 is 0 Å². The van der Waals surface area contributed by atoms with Gasteiger partial charge in [-0.3, -0.25) is 4.98 Å². The maximum atomic E-state index is 9.22. The Kier molecular flexibility index (Phi) is 2.75. The lowest BCUT2D eigenvalue weighted by Crippen LogP contribution is -2.12. The molecule has 0 aliphatic heterocycles. The molecule has 0 saturated heterocycles. The molecule has 0 spiro atoms. The molecule has 0 amide bonds. The summed E-state index contributed by atoms with van der Waals surface area (Å²) in [6, 6.07) is 5.13. The van der Waals surface area contributed by atoms with Gasteiger partial charge in [-0.1, -0.05) is 0 Å². The molecule has 0 fully saturated rings. The number of pyridine rings is 1. The molecule has 1 aromatic heterocycles. The van der Waals surface area contributed by atoms with Crippen molar-refractivity contribution in [3.63, 3.8) is 0 Å². The van der Waals surface area contributed by atoms with E-state index in [0.717, 1.165) is 0 Å². The van der Waals surface area contributed by atoms with Crippen molar-refractivity contribution in [2.24, 2.45) is 5.73 Å². The second-order valence-corrected chi connectivity index (χ2v) is 2.34. The summed E-state index contributed by atoms with van der Waals surface area (Å²) in [5.74, 6) is 0. The summed E-state index contributed by atoms with van der Waals surface area (Å²) in [5, 5.41) is 17.7. The van der Waals surface area contributed by atoms with Crippen molar-refractivity contribution >= 4 is 0 Å². The SMILES string of the molecule is N#Cc1ccc([C@H](O)CN)nc1. The fourth-order valence-corrected chi connectivity index (χ4v) is 0.789. The zero-order chi connectivity index (χ0) is 8.97. The van der Waals surface area contributed by atoms with Crippen molar-refractivity contribution in [1.82, 2.24) is 4.98 Å². The standard InChI is InChI=1S/C8H9N3O/c9-3-6-1-2-7(11-5-6)8(12)4-10/h1-2,5,8,12H,4,10H2/t8-/m1/s1. The van der Waals surface area contributed by atoms with Crippen molar-refractivity contribution in [2.45, 2.75) is 6.10 Å². The van der Waals surface area contributed by atoms with Crippen LogP contribution in [0.15, 0.2) is 18.3 Å². The molecule has 0 aromatic carbocycles. The largest absolute Gasteiger partial charge is 0.385 e. The van der Waals surface area contributed by atoms with Crippen molar-refractivity contribution in [2.75, 3.05) is 6.54 Å². The fraction of sp³-hybridized carbons (Fsp3) is 0.250. The quantitative estimate of drug-likeness (QED) is 0.640. The number of aromatic nitrogens is 1. The minimum atomic E-state index is -0.738. The molecule has 0 aliphatic rings. The first kappa shape index (κ1) is 8.65. The Balaban J connectivity index is 2.86. The summed E-state index contributed by atoms with van der Waals surface area (Å²) in [5.41, 5.74) is 6.19. The topological polar surface area (TPSA) is 82.9 Å². The summed E-state index contributed by atoms with van der Waals surface area (Å²) < 4.78 is 0. The zero-order valence-electron chi connectivity index (χ0n) is 6.44. The summed E-state index contributed by atoms with van der Waals surface area (Å²) in [7, 11) is 0. The Morgan fingerprint density at radius 1 is 1.67 bits per heavy atom. The molecule has 0 bridgehead atoms. The summed E-state index contributed by atoms with van der Waals surface area (Å²) in [6.07, 6.45) is 0.673. The van der Waals surface area contributed by atoms with E-state index in [9.17, 15) is 5.11 Å². The molecule has 1 aromatic rings. The Morgan fingerprint density at radius 3 is 2.83 bits per heavy atom. The Bertz CT molecular complexity index is 288. The fourth-order valence-electron chi connectivity index (χ4n) is 0.789. The maximum Gasteiger partial charge on any atom is 0.108 e. The number of aliphatic hydroxyl groups excluding tert-OH is 1. The van der Waals surface area contributed by atoms with E-state index >= 15 is 0 Å². The third kappa shape index (κ3) is 1.78. The first-order valence-corrected chi connectivity index (χ1v) is 3.52. The number of hydrogen-bond acceptors (Lipinski definition) is 4. The Labute approximate surface area is 70.3 Å². The molecular formula is C8H9N3O. The third-order valence-corrected chi connectivity index (χ3v) is 1.48. The molecule has 4 nitrogen and oxygen atoms in total. The number of hydrogen-bond donors (Lipinski definition) is 2. The highest BCUT2D eigenvalue weighted by atomic mass is 16.3. The van der Waals surface area contributed by atoms with Crippen LogP contribution in [0, 0.1) is 11.3 Å². The molecule has 1 atom stereocenters. The normalized spacial score (nSPS) is 12.1. The van der Waals surface area contributed by atoms with Crippen LogP contribution >= 0.6 is 0 Å². The van der Waals surface area contributed by atoms with Crippen LogP contribution in [0.4, 0.5) is 0 Å². The van der Waals surface area contributed by atoms with Crippen LogP contribution in [0.25, 0.3) is 0 Å². The van der Waals surface area contributed by atoms with Crippen LogP contribution in [-0.2, 0) is 0 Å². The van der Waals surface area contributed by atoms with Gasteiger partial charge in [0.15, 0.2) is 0 Å². The zero-order valence-corrected chi connectivity index (χ0v) is 6.44. The predicted molar refractivity (Wildman–Crippen MR) is 43.0 cm³/mol. The van der Waals surface area contributed by atoms with E-state index in [4.69, 9.17) is 11.0 Å². The molecule has 62 valence electrons. The van der Waals surface area contributed by atoms with E-state index in [1.807, 2.05) is 6.07 Å². The average Bonchev–Trinajstić information content (AvgIpc) is 2.17. The van der Waals surface area contributed by atoms with E-state index in [2.05, 4.69) is 4.98 Å². The lowest BCUT2D eigenvalue weighted by atomic mass is 10.2. The number of aliphatic hydroxyl groups is 1. The van der Waals surface area contributed by atoms with Crippen LogP contribution in [0.5, 0.6) is 0 Å². The van der Waals surface area contributed by atoms with Gasteiger partial charge in [-0.25, -0.2) is 0 Å². The Morgan fingerprint density at radius 2 is 2.42 bits per heavy atom. The number of rotatable bonds is 2. The molecule has 1 heterocycles. The van der Waals surface area contributed by atoms with Gasteiger partial charge in [0, 0.05) is 12.7 Å². The highest BCUT2D eigenvalue weighted by molar-refractivity contribution is 5.26. The highest BCUT2D eigenvalue weighted by Gasteiger charge is 2.05. The number of nitrogens with two attached hydrogens (primary N) is 1. The van der Waals surface area contributed by atoms with Crippen molar-refractivity contribution in [1.29, 1.82) is 5.26 Å². The van der Waals surface area contributed by atoms with Gasteiger partial charge in [-0.15, -0.1) is 0 Å². The van der Waals surface area contributed by atoms with E-state index < -0.39 is 6.10 Å². The first-order chi connectivity index (χ1) is 5.77. The van der Waals surface area contributed by atoms with Crippen molar-refractivity contribution < 1.29 is 5.11 Å². The summed E-state index contributed by atoms with van der Waals surface area (Å²) in [4.78, 5) is 3.87. The van der Waals surface area contributed by atoms with Gasteiger partial charge in [0.25, 0.3) is 0 Å². The number of nitrogens with zero attached hydrogens (tertiary/aromatic N) is 2. The second kappa shape index (κ2) is 3.81. The summed E-state index contributed by atoms with van der Waals surface area (Å²) >= 11 is 0. The molecule has 4 heteroatoms. The van der Waals surface area contributed by atoms with Crippen LogP contribution in [0.1, 0.15) is 17.4 Å². The Hall–Kier alpha value is -1.44.